The van der Waals surface area contributed by atoms with E-state index in [1.807, 2.05) is 62.4 Å². The van der Waals surface area contributed by atoms with E-state index in [1.54, 1.807) is 0 Å². The van der Waals surface area contributed by atoms with Crippen LogP contribution in [0.3, 0.4) is 0 Å². The van der Waals surface area contributed by atoms with Crippen LogP contribution in [0.2, 0.25) is 5.02 Å². The predicted octanol–water partition coefficient (Wildman–Crippen LogP) is 3.68. The molecule has 0 aliphatic rings. The first-order chi connectivity index (χ1) is 9.61. The van der Waals surface area contributed by atoms with Crippen molar-refractivity contribution in [3.05, 3.63) is 64.7 Å². The van der Waals surface area contributed by atoms with Gasteiger partial charge in [-0.1, -0.05) is 41.9 Å². The summed E-state index contributed by atoms with van der Waals surface area (Å²) in [6, 6.07) is 15.4. The third kappa shape index (κ3) is 3.51. The van der Waals surface area contributed by atoms with Gasteiger partial charge >= 0.3 is 0 Å². The van der Waals surface area contributed by atoms with Crippen LogP contribution in [0.4, 0.5) is 0 Å². The van der Waals surface area contributed by atoms with Crippen molar-refractivity contribution in [1.29, 1.82) is 0 Å². The average Bonchev–Trinajstić information content (AvgIpc) is 2.41. The Bertz CT molecular complexity index is 572. The smallest absolute Gasteiger partial charge is 0.120 e. The fourth-order valence-corrected chi connectivity index (χ4v) is 2.36. The summed E-state index contributed by atoms with van der Waals surface area (Å²) < 4.78 is 5.71. The van der Waals surface area contributed by atoms with E-state index in [0.717, 1.165) is 16.9 Å². The first-order valence-electron chi connectivity index (χ1n) is 6.59. The number of halogens is 1. The van der Waals surface area contributed by atoms with Gasteiger partial charge in [-0.2, -0.15) is 0 Å². The summed E-state index contributed by atoms with van der Waals surface area (Å²) in [5.41, 5.74) is 4.77. The van der Waals surface area contributed by atoms with Crippen LogP contribution in [0, 0.1) is 0 Å². The molecule has 2 aromatic carbocycles. The third-order valence-electron chi connectivity index (χ3n) is 2.95. The molecule has 1 atom stereocenters. The number of hydrazine groups is 1. The molecule has 0 aliphatic carbocycles. The monoisotopic (exact) mass is 290 g/mol. The zero-order chi connectivity index (χ0) is 14.5. The molecule has 0 spiro atoms. The third-order valence-corrected chi connectivity index (χ3v) is 3.29. The highest BCUT2D eigenvalue weighted by molar-refractivity contribution is 6.31. The highest BCUT2D eigenvalue weighted by Gasteiger charge is 2.15. The van der Waals surface area contributed by atoms with Gasteiger partial charge < -0.3 is 4.74 Å². The molecule has 2 rings (SSSR count). The maximum absolute atomic E-state index is 6.24. The number of rotatable bonds is 5. The van der Waals surface area contributed by atoms with Crippen molar-refractivity contribution < 1.29 is 4.74 Å². The maximum atomic E-state index is 6.24. The first kappa shape index (κ1) is 14.9. The van der Waals surface area contributed by atoms with Gasteiger partial charge in [0.25, 0.3) is 0 Å². The summed E-state index contributed by atoms with van der Waals surface area (Å²) in [5.74, 6) is 6.53. The Kier molecular flexibility index (Phi) is 5.01. The normalized spacial score (nSPS) is 12.4. The number of hydrogen-bond donors (Lipinski definition) is 2. The van der Waals surface area contributed by atoms with Crippen LogP contribution >= 0.6 is 11.6 Å². The van der Waals surface area contributed by atoms with E-state index < -0.39 is 0 Å². The van der Waals surface area contributed by atoms with E-state index in [0.29, 0.717) is 5.02 Å². The molecular formula is C16H19ClN2O. The van der Waals surface area contributed by atoms with Crippen LogP contribution in [0.15, 0.2) is 48.5 Å². The molecule has 0 aromatic heterocycles. The van der Waals surface area contributed by atoms with Crippen molar-refractivity contribution in [3.63, 3.8) is 0 Å². The van der Waals surface area contributed by atoms with Gasteiger partial charge in [-0.05, 0) is 43.2 Å². The molecule has 0 amide bonds. The Morgan fingerprint density at radius 3 is 2.50 bits per heavy atom. The van der Waals surface area contributed by atoms with Crippen molar-refractivity contribution in [2.24, 2.45) is 5.84 Å². The standard InChI is InChI=1S/C16H19ClN2O/c1-11(2)20-13-7-5-6-12(10-13)16(19-18)14-8-3-4-9-15(14)17/h3-11,16,19H,18H2,1-2H3. The average molecular weight is 291 g/mol. The second-order valence-corrected chi connectivity index (χ2v) is 5.27. The number of nitrogens with one attached hydrogen (secondary N) is 1. The molecule has 0 saturated carbocycles. The second-order valence-electron chi connectivity index (χ2n) is 4.86. The van der Waals surface area contributed by atoms with Gasteiger partial charge in [0.2, 0.25) is 0 Å². The molecule has 2 aromatic rings. The molecular weight excluding hydrogens is 272 g/mol. The van der Waals surface area contributed by atoms with Gasteiger partial charge in [-0.15, -0.1) is 0 Å². The highest BCUT2D eigenvalue weighted by atomic mass is 35.5. The summed E-state index contributed by atoms with van der Waals surface area (Å²) >= 11 is 6.24. The van der Waals surface area contributed by atoms with Gasteiger partial charge in [-0.3, -0.25) is 5.84 Å². The lowest BCUT2D eigenvalue weighted by molar-refractivity contribution is 0.242. The fourth-order valence-electron chi connectivity index (χ4n) is 2.11. The highest BCUT2D eigenvalue weighted by Crippen LogP contribution is 2.29. The van der Waals surface area contributed by atoms with Gasteiger partial charge in [0.15, 0.2) is 0 Å². The SMILES string of the molecule is CC(C)Oc1cccc(C(NN)c2ccccc2Cl)c1. The van der Waals surface area contributed by atoms with E-state index in [1.165, 1.54) is 0 Å². The predicted molar refractivity (Wildman–Crippen MR) is 82.8 cm³/mol. The topological polar surface area (TPSA) is 47.3 Å². The van der Waals surface area contributed by atoms with Crippen LogP contribution in [-0.4, -0.2) is 6.10 Å². The number of nitrogens with two attached hydrogens (primary N) is 1. The van der Waals surface area contributed by atoms with Crippen molar-refractivity contribution >= 4 is 11.6 Å². The Hall–Kier alpha value is -1.55. The Balaban J connectivity index is 2.35. The number of benzene rings is 2. The molecule has 0 radical (unpaired) electrons. The summed E-state index contributed by atoms with van der Waals surface area (Å²) in [6.45, 7) is 4.00. The molecule has 1 unspecified atom stereocenters. The molecule has 4 heteroatoms. The van der Waals surface area contributed by atoms with Crippen LogP contribution < -0.4 is 16.0 Å². The van der Waals surface area contributed by atoms with Crippen LogP contribution in [0.5, 0.6) is 5.75 Å². The van der Waals surface area contributed by atoms with Crippen LogP contribution in [0.1, 0.15) is 31.0 Å². The Morgan fingerprint density at radius 1 is 1.10 bits per heavy atom. The fraction of sp³-hybridized carbons (Fsp3) is 0.250. The van der Waals surface area contributed by atoms with Gasteiger partial charge in [-0.25, -0.2) is 5.43 Å². The van der Waals surface area contributed by atoms with Gasteiger partial charge in [0, 0.05) is 5.02 Å². The van der Waals surface area contributed by atoms with Crippen molar-refractivity contribution in [2.75, 3.05) is 0 Å². The van der Waals surface area contributed by atoms with Crippen molar-refractivity contribution in [3.8, 4) is 5.75 Å². The van der Waals surface area contributed by atoms with Crippen molar-refractivity contribution in [2.45, 2.75) is 26.0 Å². The van der Waals surface area contributed by atoms with Gasteiger partial charge in [0.1, 0.15) is 5.75 Å². The summed E-state index contributed by atoms with van der Waals surface area (Å²) in [6.07, 6.45) is 0.134. The van der Waals surface area contributed by atoms with Crippen LogP contribution in [-0.2, 0) is 0 Å². The molecule has 3 N–H and O–H groups in total. The maximum Gasteiger partial charge on any atom is 0.120 e. The van der Waals surface area contributed by atoms with E-state index in [9.17, 15) is 0 Å². The van der Waals surface area contributed by atoms with E-state index in [-0.39, 0.29) is 12.1 Å². The summed E-state index contributed by atoms with van der Waals surface area (Å²) in [5, 5.41) is 0.686. The molecule has 0 saturated heterocycles. The zero-order valence-electron chi connectivity index (χ0n) is 11.6. The van der Waals surface area contributed by atoms with E-state index >= 15 is 0 Å². The summed E-state index contributed by atoms with van der Waals surface area (Å²) in [4.78, 5) is 0. The Morgan fingerprint density at radius 2 is 1.85 bits per heavy atom. The minimum atomic E-state index is -0.167. The largest absolute Gasteiger partial charge is 0.491 e. The quantitative estimate of drug-likeness (QED) is 0.652. The van der Waals surface area contributed by atoms with E-state index in [4.69, 9.17) is 22.2 Å². The van der Waals surface area contributed by atoms with Crippen LogP contribution in [0.25, 0.3) is 0 Å². The first-order valence-corrected chi connectivity index (χ1v) is 6.96. The number of hydrogen-bond acceptors (Lipinski definition) is 3. The zero-order valence-corrected chi connectivity index (χ0v) is 12.4. The lowest BCUT2D eigenvalue weighted by atomic mass is 9.99. The van der Waals surface area contributed by atoms with Crippen molar-refractivity contribution in [1.82, 2.24) is 5.43 Å². The lowest BCUT2D eigenvalue weighted by Gasteiger charge is -2.19. The van der Waals surface area contributed by atoms with Gasteiger partial charge in [0.05, 0.1) is 12.1 Å². The molecule has 0 heterocycles. The molecule has 3 nitrogen and oxygen atoms in total. The molecule has 20 heavy (non-hydrogen) atoms. The minimum absolute atomic E-state index is 0.134. The summed E-state index contributed by atoms with van der Waals surface area (Å²) in [7, 11) is 0. The van der Waals surface area contributed by atoms with E-state index in [2.05, 4.69) is 5.43 Å². The molecule has 0 fully saturated rings. The second kappa shape index (κ2) is 6.75. The minimum Gasteiger partial charge on any atom is -0.491 e. The Labute approximate surface area is 124 Å². The molecule has 106 valence electrons. The lowest BCUT2D eigenvalue weighted by Crippen LogP contribution is -2.29. The number of ether oxygens (including phenoxy) is 1. The molecule has 0 bridgehead atoms. The molecule has 0 aliphatic heterocycles.